The summed E-state index contributed by atoms with van der Waals surface area (Å²) in [6.07, 6.45) is 5.43. The van der Waals surface area contributed by atoms with Crippen LogP contribution in [0.25, 0.3) is 0 Å². The first-order chi connectivity index (χ1) is 7.31. The first kappa shape index (κ1) is 11.7. The van der Waals surface area contributed by atoms with Crippen molar-refractivity contribution in [2.24, 2.45) is 0 Å². The van der Waals surface area contributed by atoms with Crippen LogP contribution in [0.15, 0.2) is 0 Å². The normalized spacial score (nSPS) is 33.2. The van der Waals surface area contributed by atoms with E-state index in [1.165, 1.54) is 51.9 Å². The molecule has 2 nitrogen and oxygen atoms in total. The van der Waals surface area contributed by atoms with Crippen molar-refractivity contribution in [3.63, 3.8) is 0 Å². The first-order valence-electron chi connectivity index (χ1n) is 6.40. The van der Waals surface area contributed by atoms with Crippen LogP contribution in [0.3, 0.4) is 0 Å². The summed E-state index contributed by atoms with van der Waals surface area (Å²) in [5.74, 6) is 1.04. The molecule has 88 valence electrons. The highest BCUT2D eigenvalue weighted by atomic mass is 32.1. The molecule has 0 spiro atoms. The topological polar surface area (TPSA) is 6.48 Å². The molecule has 0 aliphatic carbocycles. The summed E-state index contributed by atoms with van der Waals surface area (Å²) in [4.78, 5) is 5.38. The molecule has 0 amide bonds. The van der Waals surface area contributed by atoms with E-state index in [2.05, 4.69) is 29.4 Å². The minimum absolute atomic E-state index is 0.763. The maximum absolute atomic E-state index is 4.27. The summed E-state index contributed by atoms with van der Waals surface area (Å²) in [6, 6.07) is 1.64. The van der Waals surface area contributed by atoms with Gasteiger partial charge in [0.2, 0.25) is 0 Å². The average Bonchev–Trinajstić information content (AvgIpc) is 2.65. The third-order valence-electron chi connectivity index (χ3n) is 3.92. The number of hydrogen-bond acceptors (Lipinski definition) is 3. The van der Waals surface area contributed by atoms with E-state index in [0.29, 0.717) is 0 Å². The lowest BCUT2D eigenvalue weighted by atomic mass is 10.1. The molecule has 0 aromatic carbocycles. The summed E-state index contributed by atoms with van der Waals surface area (Å²) in [5.41, 5.74) is 0. The fraction of sp³-hybridized carbons (Fsp3) is 1.00. The second-order valence-electron chi connectivity index (χ2n) is 5.07. The number of thiol groups is 1. The van der Waals surface area contributed by atoms with Crippen molar-refractivity contribution in [2.75, 3.05) is 31.9 Å². The van der Waals surface area contributed by atoms with Gasteiger partial charge in [0.25, 0.3) is 0 Å². The van der Waals surface area contributed by atoms with Gasteiger partial charge in [0, 0.05) is 25.2 Å². The number of nitrogens with zero attached hydrogens (tertiary/aromatic N) is 2. The number of unbranched alkanes of at least 4 members (excludes halogenated alkanes) is 1. The Morgan fingerprint density at radius 2 is 2.13 bits per heavy atom. The third-order valence-corrected chi connectivity index (χ3v) is 4.24. The van der Waals surface area contributed by atoms with Crippen LogP contribution in [0, 0.1) is 0 Å². The highest BCUT2D eigenvalue weighted by molar-refractivity contribution is 7.80. The molecular formula is C12H24N2S. The fourth-order valence-electron chi connectivity index (χ4n) is 2.99. The largest absolute Gasteiger partial charge is 0.298 e. The van der Waals surface area contributed by atoms with Gasteiger partial charge in [-0.1, -0.05) is 0 Å². The van der Waals surface area contributed by atoms with Crippen LogP contribution < -0.4 is 0 Å². The molecule has 2 unspecified atom stereocenters. The second kappa shape index (κ2) is 5.55. The van der Waals surface area contributed by atoms with Crippen LogP contribution in [0.4, 0.5) is 0 Å². The van der Waals surface area contributed by atoms with Crippen LogP contribution in [-0.2, 0) is 0 Å². The Morgan fingerprint density at radius 3 is 2.93 bits per heavy atom. The van der Waals surface area contributed by atoms with E-state index in [9.17, 15) is 0 Å². The highest BCUT2D eigenvalue weighted by Crippen LogP contribution is 2.24. The SMILES string of the molecule is CC1CN2CCCC2CN1CCCCS. The number of hydrogen-bond donors (Lipinski definition) is 1. The molecule has 2 aliphatic rings. The zero-order chi connectivity index (χ0) is 10.7. The maximum Gasteiger partial charge on any atom is 0.0224 e. The van der Waals surface area contributed by atoms with Gasteiger partial charge < -0.3 is 0 Å². The summed E-state index contributed by atoms with van der Waals surface area (Å²) in [5, 5.41) is 0. The van der Waals surface area contributed by atoms with Gasteiger partial charge in [-0.15, -0.1) is 0 Å². The molecule has 2 rings (SSSR count). The monoisotopic (exact) mass is 228 g/mol. The van der Waals surface area contributed by atoms with E-state index in [1.807, 2.05) is 0 Å². The van der Waals surface area contributed by atoms with Crippen molar-refractivity contribution in [1.29, 1.82) is 0 Å². The Bertz CT molecular complexity index is 198. The first-order valence-corrected chi connectivity index (χ1v) is 7.03. The summed E-state index contributed by atoms with van der Waals surface area (Å²) < 4.78 is 0. The molecule has 0 aromatic heterocycles. The molecule has 2 fully saturated rings. The molecule has 0 radical (unpaired) electrons. The van der Waals surface area contributed by atoms with E-state index >= 15 is 0 Å². The molecule has 0 saturated carbocycles. The van der Waals surface area contributed by atoms with Crippen molar-refractivity contribution in [3.8, 4) is 0 Å². The Balaban J connectivity index is 1.79. The average molecular weight is 228 g/mol. The molecule has 0 aromatic rings. The molecule has 15 heavy (non-hydrogen) atoms. The van der Waals surface area contributed by atoms with E-state index < -0.39 is 0 Å². The molecule has 0 bridgehead atoms. The summed E-state index contributed by atoms with van der Waals surface area (Å²) in [7, 11) is 0. The van der Waals surface area contributed by atoms with E-state index in [-0.39, 0.29) is 0 Å². The fourth-order valence-corrected chi connectivity index (χ4v) is 3.21. The molecule has 2 atom stereocenters. The van der Waals surface area contributed by atoms with E-state index in [4.69, 9.17) is 0 Å². The highest BCUT2D eigenvalue weighted by Gasteiger charge is 2.33. The van der Waals surface area contributed by atoms with Gasteiger partial charge in [0.15, 0.2) is 0 Å². The van der Waals surface area contributed by atoms with Gasteiger partial charge in [-0.25, -0.2) is 0 Å². The van der Waals surface area contributed by atoms with Crippen molar-refractivity contribution < 1.29 is 0 Å². The van der Waals surface area contributed by atoms with E-state index in [0.717, 1.165) is 17.8 Å². The van der Waals surface area contributed by atoms with Crippen molar-refractivity contribution in [1.82, 2.24) is 9.80 Å². The number of fused-ring (bicyclic) bond motifs is 1. The van der Waals surface area contributed by atoms with Crippen molar-refractivity contribution >= 4 is 12.6 Å². The van der Waals surface area contributed by atoms with Gasteiger partial charge in [-0.3, -0.25) is 9.80 Å². The molecule has 3 heteroatoms. The lowest BCUT2D eigenvalue weighted by Crippen LogP contribution is -2.54. The lowest BCUT2D eigenvalue weighted by Gasteiger charge is -2.42. The van der Waals surface area contributed by atoms with Gasteiger partial charge in [0.1, 0.15) is 0 Å². The Hall–Kier alpha value is 0.270. The van der Waals surface area contributed by atoms with Crippen LogP contribution in [0.1, 0.15) is 32.6 Å². The molecule has 2 saturated heterocycles. The number of rotatable bonds is 4. The van der Waals surface area contributed by atoms with Gasteiger partial charge in [0.05, 0.1) is 0 Å². The minimum Gasteiger partial charge on any atom is -0.298 e. The second-order valence-corrected chi connectivity index (χ2v) is 5.51. The summed E-state index contributed by atoms with van der Waals surface area (Å²) >= 11 is 4.27. The van der Waals surface area contributed by atoms with Crippen molar-refractivity contribution in [2.45, 2.75) is 44.7 Å². The third kappa shape index (κ3) is 2.89. The van der Waals surface area contributed by atoms with Crippen molar-refractivity contribution in [3.05, 3.63) is 0 Å². The van der Waals surface area contributed by atoms with Crippen LogP contribution >= 0.6 is 12.6 Å². The smallest absolute Gasteiger partial charge is 0.0224 e. The maximum atomic E-state index is 4.27. The van der Waals surface area contributed by atoms with Gasteiger partial charge in [-0.05, 0) is 51.4 Å². The predicted molar refractivity (Wildman–Crippen MR) is 68.7 cm³/mol. The van der Waals surface area contributed by atoms with Gasteiger partial charge >= 0.3 is 0 Å². The molecule has 0 N–H and O–H groups in total. The summed E-state index contributed by atoms with van der Waals surface area (Å²) in [6.45, 7) is 7.63. The number of piperazine rings is 1. The van der Waals surface area contributed by atoms with Crippen LogP contribution in [-0.4, -0.2) is 53.8 Å². The quantitative estimate of drug-likeness (QED) is 0.580. The molecule has 2 aliphatic heterocycles. The minimum atomic E-state index is 0.763. The molecule has 2 heterocycles. The van der Waals surface area contributed by atoms with E-state index in [1.54, 1.807) is 0 Å². The zero-order valence-corrected chi connectivity index (χ0v) is 10.8. The van der Waals surface area contributed by atoms with Crippen LogP contribution in [0.5, 0.6) is 0 Å². The zero-order valence-electron chi connectivity index (χ0n) is 9.86. The Morgan fingerprint density at radius 1 is 1.27 bits per heavy atom. The standard InChI is InChI=1S/C12H24N2S/c1-11-9-14-7-4-5-12(14)10-13(11)6-2-3-8-15/h11-12,15H,2-10H2,1H3. The lowest BCUT2D eigenvalue weighted by molar-refractivity contribution is 0.0587. The Labute approximate surface area is 99.4 Å². The Kier molecular flexibility index (Phi) is 4.35. The molecular weight excluding hydrogens is 204 g/mol. The van der Waals surface area contributed by atoms with Crippen LogP contribution in [0.2, 0.25) is 0 Å². The van der Waals surface area contributed by atoms with Gasteiger partial charge in [-0.2, -0.15) is 12.6 Å². The predicted octanol–water partition coefficient (Wildman–Crippen LogP) is 1.86.